The maximum atomic E-state index is 12.3. The van der Waals surface area contributed by atoms with Gasteiger partial charge in [-0.2, -0.15) is 0 Å². The summed E-state index contributed by atoms with van der Waals surface area (Å²) in [4.78, 5) is 34.0. The standard InChI is InChI=1S/C17H19N5O3/c1-12-16(24)22(13-5-2-3-6-14(13)25-12)11-15(23)18-9-10-21-17-19-7-4-8-20-17/h2-8,12H,9-11H2,1H3,(H,18,23)(H,19,20,21). The second kappa shape index (κ2) is 7.61. The average molecular weight is 341 g/mol. The molecule has 2 N–H and O–H groups in total. The molecule has 0 bridgehead atoms. The molecule has 0 aliphatic carbocycles. The number of nitrogens with zero attached hydrogens (tertiary/aromatic N) is 3. The van der Waals surface area contributed by atoms with Crippen molar-refractivity contribution >= 4 is 23.5 Å². The molecular formula is C17H19N5O3. The van der Waals surface area contributed by atoms with Crippen LogP contribution >= 0.6 is 0 Å². The summed E-state index contributed by atoms with van der Waals surface area (Å²) in [6, 6.07) is 8.91. The number of amides is 2. The number of hydrogen-bond acceptors (Lipinski definition) is 6. The van der Waals surface area contributed by atoms with E-state index in [2.05, 4.69) is 20.6 Å². The van der Waals surface area contributed by atoms with Crippen molar-refractivity contribution in [3.05, 3.63) is 42.7 Å². The molecule has 1 aliphatic heterocycles. The number of carbonyl (C=O) groups excluding carboxylic acids is 2. The van der Waals surface area contributed by atoms with Gasteiger partial charge in [0.1, 0.15) is 12.3 Å². The molecule has 1 unspecified atom stereocenters. The molecule has 2 heterocycles. The molecule has 0 fully saturated rings. The Morgan fingerprint density at radius 2 is 1.96 bits per heavy atom. The normalized spacial score (nSPS) is 16.0. The van der Waals surface area contributed by atoms with Crippen molar-refractivity contribution in [2.45, 2.75) is 13.0 Å². The summed E-state index contributed by atoms with van der Waals surface area (Å²) in [5, 5.41) is 5.77. The van der Waals surface area contributed by atoms with Gasteiger partial charge in [-0.1, -0.05) is 12.1 Å². The molecule has 1 aromatic heterocycles. The number of hydrogen-bond donors (Lipinski definition) is 2. The highest BCUT2D eigenvalue weighted by Crippen LogP contribution is 2.33. The number of aromatic nitrogens is 2. The molecule has 8 nitrogen and oxygen atoms in total. The third-order valence-electron chi connectivity index (χ3n) is 3.67. The van der Waals surface area contributed by atoms with Crippen LogP contribution in [0, 0.1) is 0 Å². The lowest BCUT2D eigenvalue weighted by atomic mass is 10.2. The average Bonchev–Trinajstić information content (AvgIpc) is 2.63. The highest BCUT2D eigenvalue weighted by atomic mass is 16.5. The Bertz CT molecular complexity index is 753. The number of ether oxygens (including phenoxy) is 1. The van der Waals surface area contributed by atoms with Crippen LogP contribution in [-0.4, -0.2) is 47.5 Å². The van der Waals surface area contributed by atoms with Crippen molar-refractivity contribution in [2.24, 2.45) is 0 Å². The molecule has 0 saturated carbocycles. The maximum Gasteiger partial charge on any atom is 0.268 e. The molecule has 130 valence electrons. The lowest BCUT2D eigenvalue weighted by Gasteiger charge is -2.32. The van der Waals surface area contributed by atoms with E-state index in [1.54, 1.807) is 43.6 Å². The van der Waals surface area contributed by atoms with Crippen LogP contribution in [0.3, 0.4) is 0 Å². The SMILES string of the molecule is CC1Oc2ccccc2N(CC(=O)NCCNc2ncccn2)C1=O. The van der Waals surface area contributed by atoms with Crippen molar-refractivity contribution < 1.29 is 14.3 Å². The van der Waals surface area contributed by atoms with Gasteiger partial charge in [-0.3, -0.25) is 14.5 Å². The first kappa shape index (κ1) is 16.7. The Labute approximate surface area is 145 Å². The van der Waals surface area contributed by atoms with Gasteiger partial charge in [0.25, 0.3) is 5.91 Å². The molecule has 2 aromatic rings. The van der Waals surface area contributed by atoms with E-state index in [9.17, 15) is 9.59 Å². The van der Waals surface area contributed by atoms with Gasteiger partial charge in [0.2, 0.25) is 11.9 Å². The first-order valence-electron chi connectivity index (χ1n) is 8.00. The Morgan fingerprint density at radius 3 is 2.76 bits per heavy atom. The number of benzene rings is 1. The van der Waals surface area contributed by atoms with Crippen molar-refractivity contribution in [3.8, 4) is 5.75 Å². The lowest BCUT2D eigenvalue weighted by molar-refractivity contribution is -0.128. The minimum absolute atomic E-state index is 0.0502. The van der Waals surface area contributed by atoms with Crippen LogP contribution in [0.2, 0.25) is 0 Å². The summed E-state index contributed by atoms with van der Waals surface area (Å²) in [6.07, 6.45) is 2.66. The summed E-state index contributed by atoms with van der Waals surface area (Å²) in [7, 11) is 0. The predicted octanol–water partition coefficient (Wildman–Crippen LogP) is 0.819. The van der Waals surface area contributed by atoms with Crippen molar-refractivity contribution in [2.75, 3.05) is 29.9 Å². The first-order valence-corrected chi connectivity index (χ1v) is 8.00. The van der Waals surface area contributed by atoms with E-state index in [0.717, 1.165) is 0 Å². The summed E-state index contributed by atoms with van der Waals surface area (Å²) in [6.45, 7) is 2.50. The van der Waals surface area contributed by atoms with Gasteiger partial charge >= 0.3 is 0 Å². The molecular weight excluding hydrogens is 322 g/mol. The molecule has 8 heteroatoms. The van der Waals surface area contributed by atoms with Crippen molar-refractivity contribution in [1.29, 1.82) is 0 Å². The minimum atomic E-state index is -0.611. The minimum Gasteiger partial charge on any atom is -0.479 e. The summed E-state index contributed by atoms with van der Waals surface area (Å²) < 4.78 is 5.56. The molecule has 3 rings (SSSR count). The van der Waals surface area contributed by atoms with E-state index in [1.165, 1.54) is 4.90 Å². The fourth-order valence-electron chi connectivity index (χ4n) is 2.49. The molecule has 2 amide bonds. The van der Waals surface area contributed by atoms with E-state index in [-0.39, 0.29) is 18.4 Å². The summed E-state index contributed by atoms with van der Waals surface area (Å²) in [5.41, 5.74) is 0.608. The first-order chi connectivity index (χ1) is 12.1. The Hall–Kier alpha value is -3.16. The molecule has 1 aliphatic rings. The summed E-state index contributed by atoms with van der Waals surface area (Å²) >= 11 is 0. The van der Waals surface area contributed by atoms with Crippen LogP contribution in [-0.2, 0) is 9.59 Å². The highest BCUT2D eigenvalue weighted by molar-refractivity contribution is 6.03. The molecule has 1 atom stereocenters. The Kier molecular flexibility index (Phi) is 5.08. The molecule has 0 saturated heterocycles. The lowest BCUT2D eigenvalue weighted by Crippen LogP contribution is -2.49. The fourth-order valence-corrected chi connectivity index (χ4v) is 2.49. The number of fused-ring (bicyclic) bond motifs is 1. The van der Waals surface area contributed by atoms with E-state index in [0.29, 0.717) is 30.5 Å². The van der Waals surface area contributed by atoms with Crippen LogP contribution in [0.4, 0.5) is 11.6 Å². The third kappa shape index (κ3) is 4.03. The molecule has 0 spiro atoms. The van der Waals surface area contributed by atoms with E-state index in [1.807, 2.05) is 6.07 Å². The van der Waals surface area contributed by atoms with E-state index in [4.69, 9.17) is 4.74 Å². The van der Waals surface area contributed by atoms with Crippen LogP contribution < -0.4 is 20.3 Å². The van der Waals surface area contributed by atoms with Crippen LogP contribution in [0.5, 0.6) is 5.75 Å². The highest BCUT2D eigenvalue weighted by Gasteiger charge is 2.32. The molecule has 25 heavy (non-hydrogen) atoms. The summed E-state index contributed by atoms with van der Waals surface area (Å²) in [5.74, 6) is 0.630. The van der Waals surface area contributed by atoms with Crippen LogP contribution in [0.1, 0.15) is 6.92 Å². The van der Waals surface area contributed by atoms with Gasteiger partial charge in [0, 0.05) is 25.5 Å². The zero-order chi connectivity index (χ0) is 17.6. The zero-order valence-corrected chi connectivity index (χ0v) is 13.8. The Morgan fingerprint density at radius 1 is 1.20 bits per heavy atom. The van der Waals surface area contributed by atoms with E-state index >= 15 is 0 Å². The van der Waals surface area contributed by atoms with Crippen LogP contribution in [0.25, 0.3) is 0 Å². The quantitative estimate of drug-likeness (QED) is 0.755. The van der Waals surface area contributed by atoms with Crippen molar-refractivity contribution in [1.82, 2.24) is 15.3 Å². The van der Waals surface area contributed by atoms with Gasteiger partial charge < -0.3 is 15.4 Å². The maximum absolute atomic E-state index is 12.3. The smallest absolute Gasteiger partial charge is 0.268 e. The zero-order valence-electron chi connectivity index (χ0n) is 13.8. The number of para-hydroxylation sites is 2. The fraction of sp³-hybridized carbons (Fsp3) is 0.294. The van der Waals surface area contributed by atoms with Gasteiger partial charge in [0.05, 0.1) is 5.69 Å². The largest absolute Gasteiger partial charge is 0.479 e. The number of nitrogens with one attached hydrogen (secondary N) is 2. The van der Waals surface area contributed by atoms with Gasteiger partial charge in [-0.25, -0.2) is 9.97 Å². The topological polar surface area (TPSA) is 96.5 Å². The number of rotatable bonds is 6. The Balaban J connectivity index is 1.53. The van der Waals surface area contributed by atoms with Crippen LogP contribution in [0.15, 0.2) is 42.7 Å². The number of anilines is 2. The molecule has 1 aromatic carbocycles. The van der Waals surface area contributed by atoms with Crippen molar-refractivity contribution in [3.63, 3.8) is 0 Å². The predicted molar refractivity (Wildman–Crippen MR) is 92.4 cm³/mol. The third-order valence-corrected chi connectivity index (χ3v) is 3.67. The second-order valence-electron chi connectivity index (χ2n) is 5.50. The van der Waals surface area contributed by atoms with Gasteiger partial charge in [-0.15, -0.1) is 0 Å². The number of carbonyl (C=O) groups is 2. The molecule has 0 radical (unpaired) electrons. The van der Waals surface area contributed by atoms with E-state index < -0.39 is 6.10 Å². The van der Waals surface area contributed by atoms with Gasteiger partial charge in [0.15, 0.2) is 6.10 Å². The monoisotopic (exact) mass is 341 g/mol. The second-order valence-corrected chi connectivity index (χ2v) is 5.50. The van der Waals surface area contributed by atoms with Gasteiger partial charge in [-0.05, 0) is 25.1 Å².